The predicted octanol–water partition coefficient (Wildman–Crippen LogP) is 3.04. The van der Waals surface area contributed by atoms with Crippen LogP contribution in [0.3, 0.4) is 0 Å². The van der Waals surface area contributed by atoms with Crippen LogP contribution in [0.15, 0.2) is 47.1 Å². The molecule has 1 amide bonds. The van der Waals surface area contributed by atoms with E-state index in [9.17, 15) is 4.79 Å². The summed E-state index contributed by atoms with van der Waals surface area (Å²) in [7, 11) is 0. The number of hydrogen-bond donors (Lipinski definition) is 2. The second-order valence-corrected chi connectivity index (χ2v) is 7.73. The van der Waals surface area contributed by atoms with Gasteiger partial charge in [0, 0.05) is 30.3 Å². The maximum Gasteiger partial charge on any atom is 0.273 e. The molecule has 4 rings (SSSR count). The number of nitrogens with one attached hydrogen (secondary N) is 1. The summed E-state index contributed by atoms with van der Waals surface area (Å²) < 4.78 is 5.28. The summed E-state index contributed by atoms with van der Waals surface area (Å²) in [4.78, 5) is 17.5. The second-order valence-electron chi connectivity index (χ2n) is 6.53. The number of thiazole rings is 1. The first-order valence-corrected chi connectivity index (χ1v) is 9.40. The highest BCUT2D eigenvalue weighted by Crippen LogP contribution is 2.32. The second kappa shape index (κ2) is 7.39. The van der Waals surface area contributed by atoms with Crippen LogP contribution in [0, 0.1) is 5.92 Å². The molecule has 2 aromatic heterocycles. The zero-order valence-electron chi connectivity index (χ0n) is 14.1. The van der Waals surface area contributed by atoms with Crippen molar-refractivity contribution in [2.75, 3.05) is 0 Å². The summed E-state index contributed by atoms with van der Waals surface area (Å²) in [5.74, 6) is 0.914. The quantitative estimate of drug-likeness (QED) is 0.697. The number of aliphatic hydroxyl groups is 1. The first kappa shape index (κ1) is 16.9. The summed E-state index contributed by atoms with van der Waals surface area (Å²) in [5.41, 5.74) is 1.20. The molecule has 6 nitrogen and oxygen atoms in total. The van der Waals surface area contributed by atoms with Crippen LogP contribution in [0.1, 0.15) is 33.2 Å². The highest BCUT2D eigenvalue weighted by molar-refractivity contribution is 7.11. The summed E-state index contributed by atoms with van der Waals surface area (Å²) in [6, 6.07) is 11.4. The van der Waals surface area contributed by atoms with E-state index >= 15 is 0 Å². The zero-order chi connectivity index (χ0) is 17.9. The van der Waals surface area contributed by atoms with E-state index in [1.165, 1.54) is 0 Å². The SMILES string of the molecule is O=C(N[C@H]1C[C@H](Cc2ncc(CO)s2)C1)c1cc(-c2ccccc2)on1. The number of hydrogen-bond acceptors (Lipinski definition) is 6. The number of rotatable bonds is 6. The van der Waals surface area contributed by atoms with Crippen LogP contribution in [0.2, 0.25) is 0 Å². The van der Waals surface area contributed by atoms with Crippen LogP contribution in [-0.4, -0.2) is 27.2 Å². The van der Waals surface area contributed by atoms with E-state index in [1.54, 1.807) is 23.6 Å². The molecule has 134 valence electrons. The number of carbonyl (C=O) groups excluding carboxylic acids is 1. The van der Waals surface area contributed by atoms with Crippen molar-refractivity contribution < 1.29 is 14.4 Å². The third-order valence-corrected chi connectivity index (χ3v) is 5.60. The predicted molar refractivity (Wildman–Crippen MR) is 97.7 cm³/mol. The Balaban J connectivity index is 1.28. The van der Waals surface area contributed by atoms with Crippen LogP contribution < -0.4 is 5.32 Å². The first-order chi connectivity index (χ1) is 12.7. The van der Waals surface area contributed by atoms with Gasteiger partial charge in [-0.1, -0.05) is 35.5 Å². The fraction of sp³-hybridized carbons (Fsp3) is 0.316. The summed E-state index contributed by atoms with van der Waals surface area (Å²) in [6.45, 7) is 0.0453. The smallest absolute Gasteiger partial charge is 0.273 e. The fourth-order valence-electron chi connectivity index (χ4n) is 3.16. The number of nitrogens with zero attached hydrogens (tertiary/aromatic N) is 2. The van der Waals surface area contributed by atoms with Gasteiger partial charge in [-0.05, 0) is 18.8 Å². The molecule has 1 saturated carbocycles. The molecule has 7 heteroatoms. The molecule has 0 aliphatic heterocycles. The summed E-state index contributed by atoms with van der Waals surface area (Å²) in [6.07, 6.45) is 4.50. The molecule has 2 N–H and O–H groups in total. The number of aliphatic hydroxyl groups excluding tert-OH is 1. The molecule has 0 unspecified atom stereocenters. The zero-order valence-corrected chi connectivity index (χ0v) is 14.9. The Labute approximate surface area is 154 Å². The Morgan fingerprint density at radius 3 is 2.85 bits per heavy atom. The van der Waals surface area contributed by atoms with Gasteiger partial charge in [0.1, 0.15) is 0 Å². The molecule has 0 saturated heterocycles. The van der Waals surface area contributed by atoms with Gasteiger partial charge in [-0.15, -0.1) is 11.3 Å². The van der Waals surface area contributed by atoms with Crippen molar-refractivity contribution in [3.8, 4) is 11.3 Å². The van der Waals surface area contributed by atoms with Gasteiger partial charge in [-0.3, -0.25) is 4.79 Å². The van der Waals surface area contributed by atoms with Crippen LogP contribution in [0.25, 0.3) is 11.3 Å². The number of aromatic nitrogens is 2. The average Bonchev–Trinajstić information content (AvgIpc) is 3.30. The molecular formula is C19H19N3O3S. The van der Waals surface area contributed by atoms with Gasteiger partial charge in [0.2, 0.25) is 0 Å². The van der Waals surface area contributed by atoms with Crippen molar-refractivity contribution in [2.24, 2.45) is 5.92 Å². The Morgan fingerprint density at radius 2 is 2.12 bits per heavy atom. The van der Waals surface area contributed by atoms with Gasteiger partial charge < -0.3 is 14.9 Å². The van der Waals surface area contributed by atoms with Crippen LogP contribution in [0.5, 0.6) is 0 Å². The maximum absolute atomic E-state index is 12.3. The topological polar surface area (TPSA) is 88.2 Å². The lowest BCUT2D eigenvalue weighted by Crippen LogP contribution is -2.45. The van der Waals surface area contributed by atoms with Crippen LogP contribution in [-0.2, 0) is 13.0 Å². The lowest BCUT2D eigenvalue weighted by atomic mass is 9.78. The largest absolute Gasteiger partial charge is 0.391 e. The Kier molecular flexibility index (Phi) is 4.81. The van der Waals surface area contributed by atoms with Crippen molar-refractivity contribution in [1.29, 1.82) is 0 Å². The third kappa shape index (κ3) is 3.68. The summed E-state index contributed by atoms with van der Waals surface area (Å²) >= 11 is 1.55. The van der Waals surface area contributed by atoms with Crippen molar-refractivity contribution in [1.82, 2.24) is 15.5 Å². The van der Waals surface area contributed by atoms with E-state index in [0.717, 1.165) is 34.7 Å². The molecule has 0 radical (unpaired) electrons. The van der Waals surface area contributed by atoms with Gasteiger partial charge in [0.25, 0.3) is 5.91 Å². The monoisotopic (exact) mass is 369 g/mol. The van der Waals surface area contributed by atoms with E-state index in [0.29, 0.717) is 17.4 Å². The van der Waals surface area contributed by atoms with E-state index in [1.807, 2.05) is 30.3 Å². The molecule has 0 spiro atoms. The minimum absolute atomic E-state index is 0.0453. The Bertz CT molecular complexity index is 884. The molecule has 0 atom stereocenters. The minimum Gasteiger partial charge on any atom is -0.391 e. The molecule has 1 fully saturated rings. The van der Waals surface area contributed by atoms with Gasteiger partial charge >= 0.3 is 0 Å². The van der Waals surface area contributed by atoms with Gasteiger partial charge in [-0.2, -0.15) is 0 Å². The molecule has 2 heterocycles. The third-order valence-electron chi connectivity index (χ3n) is 4.59. The van der Waals surface area contributed by atoms with E-state index in [4.69, 9.17) is 9.63 Å². The van der Waals surface area contributed by atoms with E-state index in [2.05, 4.69) is 15.5 Å². The van der Waals surface area contributed by atoms with Crippen molar-refractivity contribution >= 4 is 17.2 Å². The fourth-order valence-corrected chi connectivity index (χ4v) is 4.06. The lowest BCUT2D eigenvalue weighted by Gasteiger charge is -2.35. The number of amides is 1. The highest BCUT2D eigenvalue weighted by Gasteiger charge is 2.31. The van der Waals surface area contributed by atoms with E-state index < -0.39 is 0 Å². The van der Waals surface area contributed by atoms with Crippen molar-refractivity contribution in [2.45, 2.75) is 31.9 Å². The van der Waals surface area contributed by atoms with Gasteiger partial charge in [0.05, 0.1) is 16.5 Å². The van der Waals surface area contributed by atoms with Crippen LogP contribution >= 0.6 is 11.3 Å². The van der Waals surface area contributed by atoms with Crippen molar-refractivity contribution in [3.63, 3.8) is 0 Å². The first-order valence-electron chi connectivity index (χ1n) is 8.58. The average molecular weight is 369 g/mol. The molecule has 1 aromatic carbocycles. The van der Waals surface area contributed by atoms with Crippen LogP contribution in [0.4, 0.5) is 0 Å². The Morgan fingerprint density at radius 1 is 1.31 bits per heavy atom. The van der Waals surface area contributed by atoms with Gasteiger partial charge in [-0.25, -0.2) is 4.98 Å². The maximum atomic E-state index is 12.3. The number of benzene rings is 1. The van der Waals surface area contributed by atoms with Gasteiger partial charge in [0.15, 0.2) is 11.5 Å². The molecular weight excluding hydrogens is 350 g/mol. The molecule has 0 bridgehead atoms. The summed E-state index contributed by atoms with van der Waals surface area (Å²) in [5, 5.41) is 17.0. The molecule has 3 aromatic rings. The highest BCUT2D eigenvalue weighted by atomic mass is 32.1. The number of carbonyl (C=O) groups is 1. The molecule has 1 aliphatic rings. The van der Waals surface area contributed by atoms with Crippen molar-refractivity contribution in [3.05, 3.63) is 58.2 Å². The molecule has 26 heavy (non-hydrogen) atoms. The Hall–Kier alpha value is -2.51. The molecule has 1 aliphatic carbocycles. The standard InChI is InChI=1S/C19H19N3O3S/c23-11-15-10-20-18(26-15)8-12-6-14(7-12)21-19(24)16-9-17(25-22-16)13-4-2-1-3-5-13/h1-5,9-10,12,14,23H,6-8,11H2,(H,21,24)/t12-,14-. The lowest BCUT2D eigenvalue weighted by molar-refractivity contribution is 0.0880. The minimum atomic E-state index is -0.198. The normalized spacial score (nSPS) is 19.1. The van der Waals surface area contributed by atoms with E-state index in [-0.39, 0.29) is 18.6 Å².